The van der Waals surface area contributed by atoms with Crippen LogP contribution in [0.4, 0.5) is 13.2 Å². The third-order valence-corrected chi connectivity index (χ3v) is 4.73. The number of benzene rings is 2. The molecule has 2 aromatic carbocycles. The minimum absolute atomic E-state index is 0.0508. The fourth-order valence-corrected chi connectivity index (χ4v) is 3.22. The highest BCUT2D eigenvalue weighted by Crippen LogP contribution is 2.37. The summed E-state index contributed by atoms with van der Waals surface area (Å²) >= 11 is 0. The zero-order valence-electron chi connectivity index (χ0n) is 13.0. The zero-order valence-corrected chi connectivity index (χ0v) is 13.8. The molecule has 0 spiro atoms. The third kappa shape index (κ3) is 3.17. The fourth-order valence-electron chi connectivity index (χ4n) is 2.49. The van der Waals surface area contributed by atoms with Crippen molar-refractivity contribution < 1.29 is 26.1 Å². The van der Waals surface area contributed by atoms with E-state index in [1.54, 1.807) is 30.3 Å². The molecular weight excluding hydrogens is 355 g/mol. The number of hydrogen-bond donors (Lipinski definition) is 0. The molecule has 0 aliphatic heterocycles. The topological polar surface area (TPSA) is 60.2 Å². The maximum atomic E-state index is 14.5. The number of alkyl halides is 1. The third-order valence-electron chi connectivity index (χ3n) is 3.62. The van der Waals surface area contributed by atoms with Gasteiger partial charge in [0.2, 0.25) is 0 Å². The van der Waals surface area contributed by atoms with Crippen LogP contribution in [0.1, 0.15) is 5.76 Å². The van der Waals surface area contributed by atoms with Crippen molar-refractivity contribution in [2.75, 3.05) is 6.26 Å². The average Bonchev–Trinajstić information content (AvgIpc) is 3.00. The van der Waals surface area contributed by atoms with Gasteiger partial charge < -0.3 is 4.52 Å². The van der Waals surface area contributed by atoms with Gasteiger partial charge in [-0.3, -0.25) is 0 Å². The summed E-state index contributed by atoms with van der Waals surface area (Å²) in [7, 11) is -3.95. The molecule has 1 heterocycles. The fraction of sp³-hybridized carbons (Fsp3) is 0.118. The average molecular weight is 367 g/mol. The molecule has 0 radical (unpaired) electrons. The Bertz CT molecular complexity index is 1030. The maximum Gasteiger partial charge on any atom is 0.178 e. The molecule has 25 heavy (non-hydrogen) atoms. The predicted octanol–water partition coefficient (Wildman–Crippen LogP) is 4.16. The van der Waals surface area contributed by atoms with Crippen molar-refractivity contribution in [2.24, 2.45) is 0 Å². The number of rotatable bonds is 4. The number of hydrogen-bond acceptors (Lipinski definition) is 4. The van der Waals surface area contributed by atoms with Crippen LogP contribution >= 0.6 is 0 Å². The van der Waals surface area contributed by atoms with Crippen LogP contribution in [0.3, 0.4) is 0 Å². The van der Waals surface area contributed by atoms with Crippen molar-refractivity contribution in [1.29, 1.82) is 0 Å². The van der Waals surface area contributed by atoms with E-state index in [-0.39, 0.29) is 22.6 Å². The van der Waals surface area contributed by atoms with Gasteiger partial charge >= 0.3 is 0 Å². The molecule has 0 fully saturated rings. The van der Waals surface area contributed by atoms with Gasteiger partial charge in [0.1, 0.15) is 22.2 Å². The Hall–Kier alpha value is -2.61. The van der Waals surface area contributed by atoms with Crippen molar-refractivity contribution >= 4 is 9.84 Å². The molecule has 0 bridgehead atoms. The normalized spacial score (nSPS) is 11.7. The first-order valence-electron chi connectivity index (χ1n) is 7.12. The molecular formula is C17H12F3NO3S. The summed E-state index contributed by atoms with van der Waals surface area (Å²) in [6.45, 7) is -1.08. The minimum atomic E-state index is -3.95. The van der Waals surface area contributed by atoms with Gasteiger partial charge in [-0.1, -0.05) is 35.5 Å². The summed E-state index contributed by atoms with van der Waals surface area (Å²) in [5.74, 6) is -2.43. The van der Waals surface area contributed by atoms with E-state index in [1.165, 1.54) is 0 Å². The van der Waals surface area contributed by atoms with Gasteiger partial charge in [0.15, 0.2) is 22.3 Å². The number of nitrogens with zero attached hydrogens (tertiary/aromatic N) is 1. The van der Waals surface area contributed by atoms with Crippen LogP contribution in [0.25, 0.3) is 22.4 Å². The molecule has 130 valence electrons. The molecule has 8 heteroatoms. The highest BCUT2D eigenvalue weighted by Gasteiger charge is 2.25. The summed E-state index contributed by atoms with van der Waals surface area (Å²) in [6, 6.07) is 9.75. The maximum absolute atomic E-state index is 14.5. The Balaban J connectivity index is 2.27. The molecule has 3 rings (SSSR count). The monoisotopic (exact) mass is 367 g/mol. The van der Waals surface area contributed by atoms with Gasteiger partial charge in [-0.25, -0.2) is 21.6 Å². The second kappa shape index (κ2) is 6.36. The van der Waals surface area contributed by atoms with Gasteiger partial charge in [0.25, 0.3) is 0 Å². The van der Waals surface area contributed by atoms with Crippen molar-refractivity contribution in [3.05, 3.63) is 59.9 Å². The Kier molecular flexibility index (Phi) is 4.38. The lowest BCUT2D eigenvalue weighted by molar-refractivity contribution is 0.332. The van der Waals surface area contributed by atoms with Crippen LogP contribution in [0.15, 0.2) is 51.9 Å². The summed E-state index contributed by atoms with van der Waals surface area (Å²) in [6.07, 6.45) is 0.770. The first-order chi connectivity index (χ1) is 11.8. The molecule has 0 saturated heterocycles. The molecule has 0 atom stereocenters. The lowest BCUT2D eigenvalue weighted by atomic mass is 9.99. The van der Waals surface area contributed by atoms with Crippen molar-refractivity contribution in [2.45, 2.75) is 11.6 Å². The molecule has 0 N–H and O–H groups in total. The van der Waals surface area contributed by atoms with E-state index in [0.717, 1.165) is 6.26 Å². The van der Waals surface area contributed by atoms with Gasteiger partial charge in [0, 0.05) is 17.4 Å². The molecule has 1 aromatic heterocycles. The summed E-state index contributed by atoms with van der Waals surface area (Å²) in [5, 5.41) is 3.75. The van der Waals surface area contributed by atoms with Gasteiger partial charge in [-0.05, 0) is 12.1 Å². The van der Waals surface area contributed by atoms with E-state index in [1.807, 2.05) is 0 Å². The largest absolute Gasteiger partial charge is 0.357 e. The molecule has 3 aromatic rings. The van der Waals surface area contributed by atoms with Gasteiger partial charge in [0.05, 0.1) is 5.56 Å². The van der Waals surface area contributed by atoms with E-state index in [4.69, 9.17) is 4.52 Å². The van der Waals surface area contributed by atoms with Crippen LogP contribution in [0, 0.1) is 11.6 Å². The second-order valence-corrected chi connectivity index (χ2v) is 7.35. The van der Waals surface area contributed by atoms with E-state index in [0.29, 0.717) is 17.7 Å². The molecule has 0 unspecified atom stereocenters. The number of sulfone groups is 1. The van der Waals surface area contributed by atoms with E-state index >= 15 is 0 Å². The molecule has 4 nitrogen and oxygen atoms in total. The highest BCUT2D eigenvalue weighted by atomic mass is 32.2. The highest BCUT2D eigenvalue weighted by molar-refractivity contribution is 7.90. The molecule has 0 aliphatic carbocycles. The predicted molar refractivity (Wildman–Crippen MR) is 85.2 cm³/mol. The standard InChI is InChI=1S/C17H12F3NO3S/c1-25(22,23)15-8-12(19)11(7-13(15)20)16-14(9-18)24-21-17(16)10-5-3-2-4-6-10/h2-8H,9H2,1H3. The SMILES string of the molecule is CS(=O)(=O)c1cc(F)c(-c2c(-c3ccccc3)noc2CF)cc1F. The Morgan fingerprint density at radius 2 is 1.76 bits per heavy atom. The van der Waals surface area contributed by atoms with Gasteiger partial charge in [-0.2, -0.15) is 0 Å². The van der Waals surface area contributed by atoms with Crippen LogP contribution in [-0.4, -0.2) is 19.8 Å². The molecule has 0 amide bonds. The summed E-state index contributed by atoms with van der Waals surface area (Å²) < 4.78 is 69.9. The summed E-state index contributed by atoms with van der Waals surface area (Å²) in [4.78, 5) is -0.770. The van der Waals surface area contributed by atoms with Crippen molar-refractivity contribution in [3.8, 4) is 22.4 Å². The van der Waals surface area contributed by atoms with E-state index in [2.05, 4.69) is 5.16 Å². The van der Waals surface area contributed by atoms with E-state index < -0.39 is 33.0 Å². The van der Waals surface area contributed by atoms with Crippen LogP contribution in [0.5, 0.6) is 0 Å². The first-order valence-corrected chi connectivity index (χ1v) is 9.01. The molecule has 0 saturated carbocycles. The smallest absolute Gasteiger partial charge is 0.178 e. The Labute approximate surface area is 141 Å². The van der Waals surface area contributed by atoms with Crippen LogP contribution in [0.2, 0.25) is 0 Å². The Morgan fingerprint density at radius 1 is 1.08 bits per heavy atom. The quantitative estimate of drug-likeness (QED) is 0.695. The number of aromatic nitrogens is 1. The number of halogens is 3. The van der Waals surface area contributed by atoms with Crippen LogP contribution < -0.4 is 0 Å². The molecule has 0 aliphatic rings. The second-order valence-electron chi connectivity index (χ2n) is 5.36. The lowest BCUT2D eigenvalue weighted by Crippen LogP contribution is -2.03. The lowest BCUT2D eigenvalue weighted by Gasteiger charge is -2.08. The zero-order chi connectivity index (χ0) is 18.2. The summed E-state index contributed by atoms with van der Waals surface area (Å²) in [5.41, 5.74) is 0.286. The minimum Gasteiger partial charge on any atom is -0.357 e. The van der Waals surface area contributed by atoms with Gasteiger partial charge in [-0.15, -0.1) is 0 Å². The first kappa shape index (κ1) is 17.2. The van der Waals surface area contributed by atoms with Crippen molar-refractivity contribution in [1.82, 2.24) is 5.16 Å². The van der Waals surface area contributed by atoms with E-state index in [9.17, 15) is 21.6 Å². The Morgan fingerprint density at radius 3 is 2.36 bits per heavy atom. The van der Waals surface area contributed by atoms with Crippen LogP contribution in [-0.2, 0) is 16.5 Å². The van der Waals surface area contributed by atoms with Crippen molar-refractivity contribution in [3.63, 3.8) is 0 Å².